The summed E-state index contributed by atoms with van der Waals surface area (Å²) in [6, 6.07) is 5.61. The van der Waals surface area contributed by atoms with Gasteiger partial charge in [-0.3, -0.25) is 9.59 Å². The summed E-state index contributed by atoms with van der Waals surface area (Å²) in [6.07, 6.45) is 3.71. The van der Waals surface area contributed by atoms with E-state index in [1.54, 1.807) is 0 Å². The number of nitrogens with zero attached hydrogens (tertiary/aromatic N) is 1. The van der Waals surface area contributed by atoms with Crippen LogP contribution in [0.4, 0.5) is 0 Å². The van der Waals surface area contributed by atoms with Crippen LogP contribution in [-0.4, -0.2) is 22.9 Å². The smallest absolute Gasteiger partial charge is 0.263 e. The van der Waals surface area contributed by atoms with Crippen LogP contribution in [0.5, 0.6) is 0 Å². The van der Waals surface area contributed by atoms with Crippen LogP contribution in [-0.2, 0) is 4.79 Å². The van der Waals surface area contributed by atoms with Gasteiger partial charge in [0.2, 0.25) is 5.91 Å². The van der Waals surface area contributed by atoms with E-state index in [0.29, 0.717) is 4.88 Å². The van der Waals surface area contributed by atoms with Crippen molar-refractivity contribution in [1.29, 1.82) is 0 Å². The summed E-state index contributed by atoms with van der Waals surface area (Å²) in [5.74, 6) is -0.847. The van der Waals surface area contributed by atoms with Gasteiger partial charge >= 0.3 is 0 Å². The van der Waals surface area contributed by atoms with Gasteiger partial charge in [0.15, 0.2) is 0 Å². The maximum absolute atomic E-state index is 11.8. The Kier molecular flexibility index (Phi) is 3.24. The van der Waals surface area contributed by atoms with E-state index in [9.17, 15) is 9.59 Å². The Morgan fingerprint density at radius 2 is 2.06 bits per heavy atom. The molecule has 2 rings (SSSR count). The van der Waals surface area contributed by atoms with Crippen molar-refractivity contribution < 1.29 is 9.59 Å². The summed E-state index contributed by atoms with van der Waals surface area (Å²) >= 11 is 1.32. The third kappa shape index (κ3) is 2.54. The lowest BCUT2D eigenvalue weighted by atomic mass is 10.3. The second-order valence-electron chi connectivity index (χ2n) is 3.37. The molecule has 3 N–H and O–H groups in total. The van der Waals surface area contributed by atoms with E-state index in [2.05, 4.69) is 5.32 Å². The van der Waals surface area contributed by atoms with Gasteiger partial charge in [-0.15, -0.1) is 11.3 Å². The Balaban J connectivity index is 2.19. The number of aromatic nitrogens is 1. The topological polar surface area (TPSA) is 77.1 Å². The number of amides is 2. The fraction of sp³-hybridized carbons (Fsp3) is 0.0909. The maximum Gasteiger partial charge on any atom is 0.263 e. The number of rotatable bonds is 4. The van der Waals surface area contributed by atoms with Crippen LogP contribution in [0.25, 0.3) is 5.69 Å². The van der Waals surface area contributed by atoms with Crippen LogP contribution in [0.1, 0.15) is 9.67 Å². The number of nitrogens with one attached hydrogen (secondary N) is 1. The number of carbonyl (C=O) groups excluding carboxylic acids is 2. The van der Waals surface area contributed by atoms with E-state index in [4.69, 9.17) is 5.73 Å². The summed E-state index contributed by atoms with van der Waals surface area (Å²) in [5, 5.41) is 4.30. The fourth-order valence-electron chi connectivity index (χ4n) is 1.42. The fourth-order valence-corrected chi connectivity index (χ4v) is 2.22. The normalized spacial score (nSPS) is 10.1. The van der Waals surface area contributed by atoms with Gasteiger partial charge in [0.25, 0.3) is 5.91 Å². The third-order valence-corrected chi connectivity index (χ3v) is 3.06. The van der Waals surface area contributed by atoms with E-state index in [0.717, 1.165) is 5.69 Å². The second-order valence-corrected chi connectivity index (χ2v) is 4.29. The van der Waals surface area contributed by atoms with Gasteiger partial charge in [0.1, 0.15) is 4.88 Å². The van der Waals surface area contributed by atoms with Crippen molar-refractivity contribution >= 4 is 23.2 Å². The van der Waals surface area contributed by atoms with Crippen molar-refractivity contribution in [3.63, 3.8) is 0 Å². The largest absolute Gasteiger partial charge is 0.368 e. The van der Waals surface area contributed by atoms with Crippen LogP contribution in [0.15, 0.2) is 36.0 Å². The highest BCUT2D eigenvalue weighted by Gasteiger charge is 2.14. The molecule has 5 nitrogen and oxygen atoms in total. The van der Waals surface area contributed by atoms with Gasteiger partial charge in [0.05, 0.1) is 12.2 Å². The van der Waals surface area contributed by atoms with E-state index in [-0.39, 0.29) is 12.5 Å². The first-order valence-electron chi connectivity index (χ1n) is 4.96. The predicted octanol–water partition coefficient (Wildman–Crippen LogP) is 0.754. The highest BCUT2D eigenvalue weighted by Crippen LogP contribution is 2.20. The van der Waals surface area contributed by atoms with Gasteiger partial charge in [-0.25, -0.2) is 0 Å². The van der Waals surface area contributed by atoms with Crippen LogP contribution < -0.4 is 11.1 Å². The molecule has 17 heavy (non-hydrogen) atoms. The summed E-state index contributed by atoms with van der Waals surface area (Å²) in [6.45, 7) is -0.151. The Hall–Kier alpha value is -2.08. The van der Waals surface area contributed by atoms with Crippen LogP contribution >= 0.6 is 11.3 Å². The van der Waals surface area contributed by atoms with Crippen LogP contribution in [0.2, 0.25) is 0 Å². The molecule has 0 fully saturated rings. The molecule has 88 valence electrons. The quantitative estimate of drug-likeness (QED) is 0.839. The Bertz CT molecular complexity index is 531. The van der Waals surface area contributed by atoms with Gasteiger partial charge in [-0.2, -0.15) is 0 Å². The molecule has 0 radical (unpaired) electrons. The average molecular weight is 249 g/mol. The highest BCUT2D eigenvalue weighted by molar-refractivity contribution is 7.12. The number of carbonyl (C=O) groups is 2. The molecule has 0 atom stereocenters. The molecule has 0 aliphatic carbocycles. The van der Waals surface area contributed by atoms with Crippen LogP contribution in [0, 0.1) is 0 Å². The highest BCUT2D eigenvalue weighted by atomic mass is 32.1. The molecular formula is C11H11N3O2S. The number of nitrogens with two attached hydrogens (primary N) is 1. The molecule has 0 aromatic carbocycles. The van der Waals surface area contributed by atoms with E-state index in [1.807, 2.05) is 40.5 Å². The van der Waals surface area contributed by atoms with Gasteiger partial charge in [0, 0.05) is 12.4 Å². The molecule has 6 heteroatoms. The second kappa shape index (κ2) is 4.84. The molecule has 0 unspecified atom stereocenters. The lowest BCUT2D eigenvalue weighted by Crippen LogP contribution is -2.33. The minimum atomic E-state index is -0.558. The van der Waals surface area contributed by atoms with Gasteiger partial charge < -0.3 is 15.6 Å². The van der Waals surface area contributed by atoms with Crippen molar-refractivity contribution in [1.82, 2.24) is 9.88 Å². The number of primary amides is 1. The molecule has 2 aromatic heterocycles. The monoisotopic (exact) mass is 249 g/mol. The van der Waals surface area contributed by atoms with Crippen molar-refractivity contribution in [3.05, 3.63) is 40.8 Å². The van der Waals surface area contributed by atoms with Crippen molar-refractivity contribution in [2.24, 2.45) is 5.73 Å². The van der Waals surface area contributed by atoms with Crippen molar-refractivity contribution in [2.75, 3.05) is 6.54 Å². The standard InChI is InChI=1S/C11H11N3O2S/c12-9(15)7-13-11(16)10-8(3-6-17-10)14-4-1-2-5-14/h1-6H,7H2,(H2,12,15)(H,13,16). The molecule has 0 aliphatic rings. The van der Waals surface area contributed by atoms with E-state index < -0.39 is 5.91 Å². The maximum atomic E-state index is 11.8. The minimum Gasteiger partial charge on any atom is -0.368 e. The summed E-state index contributed by atoms with van der Waals surface area (Å²) < 4.78 is 1.84. The molecular weight excluding hydrogens is 238 g/mol. The molecule has 2 amide bonds. The predicted molar refractivity (Wildman–Crippen MR) is 65.2 cm³/mol. The first-order valence-corrected chi connectivity index (χ1v) is 5.84. The van der Waals surface area contributed by atoms with Crippen molar-refractivity contribution in [2.45, 2.75) is 0 Å². The Morgan fingerprint density at radius 1 is 1.35 bits per heavy atom. The zero-order valence-corrected chi connectivity index (χ0v) is 9.74. The van der Waals surface area contributed by atoms with Gasteiger partial charge in [-0.05, 0) is 23.6 Å². The molecule has 2 aromatic rings. The molecule has 0 saturated carbocycles. The number of hydrogen-bond donors (Lipinski definition) is 2. The van der Waals surface area contributed by atoms with Crippen molar-refractivity contribution in [3.8, 4) is 5.69 Å². The third-order valence-electron chi connectivity index (χ3n) is 2.16. The van der Waals surface area contributed by atoms with Crippen LogP contribution in [0.3, 0.4) is 0 Å². The SMILES string of the molecule is NC(=O)CNC(=O)c1sccc1-n1cccc1. The molecule has 0 saturated heterocycles. The summed E-state index contributed by atoms with van der Waals surface area (Å²) in [5.41, 5.74) is 5.76. The lowest BCUT2D eigenvalue weighted by molar-refractivity contribution is -0.117. The molecule has 0 aliphatic heterocycles. The zero-order valence-electron chi connectivity index (χ0n) is 8.92. The molecule has 2 heterocycles. The number of thiophene rings is 1. The lowest BCUT2D eigenvalue weighted by Gasteiger charge is -2.05. The Morgan fingerprint density at radius 3 is 2.71 bits per heavy atom. The molecule has 0 bridgehead atoms. The minimum absolute atomic E-state index is 0.151. The van der Waals surface area contributed by atoms with E-state index in [1.165, 1.54) is 11.3 Å². The van der Waals surface area contributed by atoms with Gasteiger partial charge in [-0.1, -0.05) is 0 Å². The molecule has 0 spiro atoms. The van der Waals surface area contributed by atoms with E-state index >= 15 is 0 Å². The first-order chi connectivity index (χ1) is 8.18. The zero-order chi connectivity index (χ0) is 12.3. The summed E-state index contributed by atoms with van der Waals surface area (Å²) in [4.78, 5) is 23.0. The average Bonchev–Trinajstić information content (AvgIpc) is 2.94. The first kappa shape index (κ1) is 11.4. The summed E-state index contributed by atoms with van der Waals surface area (Å²) in [7, 11) is 0. The Labute approximate surface area is 102 Å². The number of hydrogen-bond acceptors (Lipinski definition) is 3.